The fraction of sp³-hybridized carbons (Fsp3) is 0.312. The number of hydrogen-bond donors (Lipinski definition) is 1. The third-order valence-electron chi connectivity index (χ3n) is 7.63. The number of aromatic carboxylic acids is 1. The molecule has 0 saturated heterocycles. The molecule has 1 fully saturated rings. The monoisotopic (exact) mass is 593 g/mol. The average Bonchev–Trinajstić information content (AvgIpc) is 3.45. The van der Waals surface area contributed by atoms with Gasteiger partial charge >= 0.3 is 5.97 Å². The summed E-state index contributed by atoms with van der Waals surface area (Å²) in [7, 11) is 4.11. The van der Waals surface area contributed by atoms with Crippen molar-refractivity contribution >= 4 is 51.3 Å². The van der Waals surface area contributed by atoms with Crippen LogP contribution in [0.25, 0.3) is 11.3 Å². The van der Waals surface area contributed by atoms with Gasteiger partial charge in [0.05, 0.1) is 11.3 Å². The molecule has 5 nitrogen and oxygen atoms in total. The first kappa shape index (κ1) is 28.5. The minimum atomic E-state index is -0.915. The van der Waals surface area contributed by atoms with Gasteiger partial charge in [-0.1, -0.05) is 48.5 Å². The van der Waals surface area contributed by atoms with Crippen molar-refractivity contribution in [2.24, 2.45) is 0 Å². The standard InChI is InChI=1S/C32H33Cl2N3O2S/c1-36(19-22-3-7-24(8-4-22)25-15-17-32(33,34)18-16-25)28-13-11-26(12-14-28)29-21-40-31(35-29)37(2)20-23-5-9-27(10-6-23)30(38)39/h3-14,21,25H,15-20H2,1-2H3,(H,38,39). The Balaban J connectivity index is 1.17. The maximum Gasteiger partial charge on any atom is 0.335 e. The van der Waals surface area contributed by atoms with Gasteiger partial charge in [0.15, 0.2) is 5.13 Å². The third-order valence-corrected chi connectivity index (χ3v) is 9.34. The van der Waals surface area contributed by atoms with Crippen LogP contribution >= 0.6 is 34.5 Å². The number of thiazole rings is 1. The second kappa shape index (κ2) is 12.2. The molecule has 4 aromatic rings. The van der Waals surface area contributed by atoms with Crippen LogP contribution < -0.4 is 9.80 Å². The Labute approximate surface area is 250 Å². The summed E-state index contributed by atoms with van der Waals surface area (Å²) in [4.78, 5) is 20.3. The Kier molecular flexibility index (Phi) is 8.69. The maximum atomic E-state index is 11.1. The van der Waals surface area contributed by atoms with Crippen molar-refractivity contribution in [3.63, 3.8) is 0 Å². The van der Waals surface area contributed by atoms with E-state index >= 15 is 0 Å². The normalized spacial score (nSPS) is 15.1. The second-order valence-corrected chi connectivity index (χ2v) is 13.1. The first-order chi connectivity index (χ1) is 19.2. The van der Waals surface area contributed by atoms with E-state index in [2.05, 4.69) is 70.8 Å². The molecule has 3 aromatic carbocycles. The topological polar surface area (TPSA) is 56.7 Å². The van der Waals surface area contributed by atoms with E-state index in [9.17, 15) is 4.79 Å². The molecule has 0 bridgehead atoms. The highest BCUT2D eigenvalue weighted by Gasteiger charge is 2.31. The molecule has 1 saturated carbocycles. The van der Waals surface area contributed by atoms with Crippen LogP contribution in [0.3, 0.4) is 0 Å². The van der Waals surface area contributed by atoms with Crippen LogP contribution in [0.5, 0.6) is 0 Å². The predicted molar refractivity (Wildman–Crippen MR) is 167 cm³/mol. The van der Waals surface area contributed by atoms with Crippen molar-refractivity contribution in [3.05, 3.63) is 100 Å². The summed E-state index contributed by atoms with van der Waals surface area (Å²) in [5.74, 6) is -0.372. The first-order valence-electron chi connectivity index (χ1n) is 13.4. The predicted octanol–water partition coefficient (Wildman–Crippen LogP) is 8.61. The molecular formula is C32H33Cl2N3O2S. The van der Waals surface area contributed by atoms with Crippen LogP contribution in [0, 0.1) is 0 Å². The number of aromatic nitrogens is 1. The molecule has 0 spiro atoms. The molecule has 0 unspecified atom stereocenters. The molecule has 1 aromatic heterocycles. The molecule has 1 heterocycles. The number of carboxylic acids is 1. The van der Waals surface area contributed by atoms with Gasteiger partial charge in [-0.25, -0.2) is 9.78 Å². The highest BCUT2D eigenvalue weighted by Crippen LogP contribution is 2.43. The van der Waals surface area contributed by atoms with Crippen LogP contribution in [0.2, 0.25) is 0 Å². The summed E-state index contributed by atoms with van der Waals surface area (Å²) in [5.41, 5.74) is 7.16. The smallest absolute Gasteiger partial charge is 0.335 e. The Hall–Kier alpha value is -3.06. The first-order valence-corrected chi connectivity index (χ1v) is 15.1. The van der Waals surface area contributed by atoms with E-state index in [-0.39, 0.29) is 0 Å². The summed E-state index contributed by atoms with van der Waals surface area (Å²) in [6.45, 7) is 1.48. The second-order valence-electron chi connectivity index (χ2n) is 10.6. The number of carbonyl (C=O) groups is 1. The molecule has 0 atom stereocenters. The van der Waals surface area contributed by atoms with Crippen molar-refractivity contribution < 1.29 is 9.90 Å². The van der Waals surface area contributed by atoms with Gasteiger partial charge in [-0.2, -0.15) is 0 Å². The van der Waals surface area contributed by atoms with Gasteiger partial charge in [0.25, 0.3) is 0 Å². The third kappa shape index (κ3) is 6.98. The quantitative estimate of drug-likeness (QED) is 0.197. The van der Waals surface area contributed by atoms with E-state index in [1.807, 2.05) is 19.2 Å². The van der Waals surface area contributed by atoms with Gasteiger partial charge < -0.3 is 14.9 Å². The summed E-state index contributed by atoms with van der Waals surface area (Å²) in [6.07, 6.45) is 3.78. The Morgan fingerprint density at radius 1 is 0.900 bits per heavy atom. The van der Waals surface area contributed by atoms with Crippen LogP contribution in [-0.4, -0.2) is 34.5 Å². The lowest BCUT2D eigenvalue weighted by atomic mass is 9.83. The lowest BCUT2D eigenvalue weighted by Gasteiger charge is -2.31. The number of anilines is 2. The number of nitrogens with zero attached hydrogens (tertiary/aromatic N) is 3. The molecule has 208 valence electrons. The van der Waals surface area contributed by atoms with E-state index in [4.69, 9.17) is 33.3 Å². The zero-order valence-corrected chi connectivity index (χ0v) is 25.0. The molecule has 0 amide bonds. The molecule has 0 radical (unpaired) electrons. The maximum absolute atomic E-state index is 11.1. The fourth-order valence-electron chi connectivity index (χ4n) is 5.19. The Morgan fingerprint density at radius 3 is 2.08 bits per heavy atom. The molecule has 1 aliphatic rings. The minimum Gasteiger partial charge on any atom is -0.478 e. The Bertz CT molecular complexity index is 1430. The number of hydrogen-bond acceptors (Lipinski definition) is 5. The zero-order valence-electron chi connectivity index (χ0n) is 22.7. The van der Waals surface area contributed by atoms with Crippen molar-refractivity contribution in [2.75, 3.05) is 23.9 Å². The minimum absolute atomic E-state index is 0.293. The number of rotatable bonds is 9. The molecule has 0 aliphatic heterocycles. The number of alkyl halides is 2. The molecule has 5 rings (SSSR count). The van der Waals surface area contributed by atoms with E-state index < -0.39 is 10.3 Å². The van der Waals surface area contributed by atoms with Gasteiger partial charge in [0.1, 0.15) is 4.33 Å². The van der Waals surface area contributed by atoms with E-state index in [1.165, 1.54) is 11.1 Å². The molecule has 40 heavy (non-hydrogen) atoms. The molecule has 8 heteroatoms. The van der Waals surface area contributed by atoms with Crippen LogP contribution in [0.4, 0.5) is 10.8 Å². The molecular weight excluding hydrogens is 561 g/mol. The highest BCUT2D eigenvalue weighted by molar-refractivity contribution is 7.14. The van der Waals surface area contributed by atoms with Crippen molar-refractivity contribution in [1.82, 2.24) is 4.98 Å². The largest absolute Gasteiger partial charge is 0.478 e. The van der Waals surface area contributed by atoms with Gasteiger partial charge in [-0.05, 0) is 72.6 Å². The zero-order chi connectivity index (χ0) is 28.3. The number of carboxylic acid groups (broad SMARTS) is 1. The Morgan fingerprint density at radius 2 is 1.48 bits per heavy atom. The van der Waals surface area contributed by atoms with Gasteiger partial charge in [0.2, 0.25) is 0 Å². The molecule has 1 N–H and O–H groups in total. The summed E-state index contributed by atoms with van der Waals surface area (Å²) in [5, 5.41) is 12.1. The van der Waals surface area contributed by atoms with Gasteiger partial charge in [0, 0.05) is 43.8 Å². The lowest BCUT2D eigenvalue weighted by Crippen LogP contribution is -2.21. The lowest BCUT2D eigenvalue weighted by molar-refractivity contribution is 0.0697. The highest BCUT2D eigenvalue weighted by atomic mass is 35.5. The van der Waals surface area contributed by atoms with Gasteiger partial charge in [-0.3, -0.25) is 0 Å². The number of benzene rings is 3. The summed E-state index contributed by atoms with van der Waals surface area (Å²) >= 11 is 14.2. The van der Waals surface area contributed by atoms with Crippen molar-refractivity contribution in [1.29, 1.82) is 0 Å². The molecule has 1 aliphatic carbocycles. The fourth-order valence-corrected chi connectivity index (χ4v) is 6.42. The van der Waals surface area contributed by atoms with E-state index in [1.54, 1.807) is 23.5 Å². The van der Waals surface area contributed by atoms with E-state index in [0.717, 1.165) is 59.9 Å². The van der Waals surface area contributed by atoms with Crippen molar-refractivity contribution in [3.8, 4) is 11.3 Å². The summed E-state index contributed by atoms with van der Waals surface area (Å²) in [6, 6.07) is 24.5. The number of halogens is 2. The van der Waals surface area contributed by atoms with Gasteiger partial charge in [-0.15, -0.1) is 34.5 Å². The van der Waals surface area contributed by atoms with Crippen LogP contribution in [-0.2, 0) is 13.1 Å². The van der Waals surface area contributed by atoms with Crippen LogP contribution in [0.15, 0.2) is 78.2 Å². The van der Waals surface area contributed by atoms with E-state index in [0.29, 0.717) is 18.0 Å². The average molecular weight is 595 g/mol. The summed E-state index contributed by atoms with van der Waals surface area (Å²) < 4.78 is -0.549. The SMILES string of the molecule is CN(Cc1ccc(C2CCC(Cl)(Cl)CC2)cc1)c1ccc(-c2csc(N(C)Cc3ccc(C(=O)O)cc3)n2)cc1. The van der Waals surface area contributed by atoms with Crippen LogP contribution in [0.1, 0.15) is 58.6 Å². The van der Waals surface area contributed by atoms with Crippen molar-refractivity contribution in [2.45, 2.75) is 49.0 Å².